The standard InChI is InChI=1S/C16H15BrINO/c17-14-5-4-12(18)9-13(14)16(19)11-3-6-15-10(8-11)2-1-7-20-15/h3-6,8-9,16H,1-2,7,19H2. The van der Waals surface area contributed by atoms with E-state index in [-0.39, 0.29) is 6.04 Å². The van der Waals surface area contributed by atoms with Gasteiger partial charge in [-0.25, -0.2) is 0 Å². The lowest BCUT2D eigenvalue weighted by Crippen LogP contribution is -2.15. The van der Waals surface area contributed by atoms with Gasteiger partial charge in [-0.3, -0.25) is 0 Å². The highest BCUT2D eigenvalue weighted by molar-refractivity contribution is 14.1. The summed E-state index contributed by atoms with van der Waals surface area (Å²) in [6.07, 6.45) is 2.15. The lowest BCUT2D eigenvalue weighted by molar-refractivity contribution is 0.288. The zero-order chi connectivity index (χ0) is 14.1. The van der Waals surface area contributed by atoms with Crippen LogP contribution in [0, 0.1) is 3.57 Å². The largest absolute Gasteiger partial charge is 0.493 e. The molecule has 0 aromatic heterocycles. The van der Waals surface area contributed by atoms with E-state index in [4.69, 9.17) is 10.5 Å². The second kappa shape index (κ2) is 6.03. The molecular formula is C16H15BrINO. The normalized spacial score (nSPS) is 15.3. The van der Waals surface area contributed by atoms with E-state index in [2.05, 4.69) is 68.9 Å². The highest BCUT2D eigenvalue weighted by Crippen LogP contribution is 2.32. The zero-order valence-electron chi connectivity index (χ0n) is 10.9. The van der Waals surface area contributed by atoms with E-state index in [0.717, 1.165) is 40.8 Å². The van der Waals surface area contributed by atoms with Crippen molar-refractivity contribution in [3.8, 4) is 5.75 Å². The maximum absolute atomic E-state index is 6.45. The molecule has 104 valence electrons. The van der Waals surface area contributed by atoms with Crippen LogP contribution in [-0.2, 0) is 6.42 Å². The van der Waals surface area contributed by atoms with Crippen molar-refractivity contribution < 1.29 is 4.74 Å². The molecular weight excluding hydrogens is 429 g/mol. The first-order valence-electron chi connectivity index (χ1n) is 6.61. The first-order chi connectivity index (χ1) is 9.65. The van der Waals surface area contributed by atoms with Gasteiger partial charge in [0.15, 0.2) is 0 Å². The molecule has 0 amide bonds. The smallest absolute Gasteiger partial charge is 0.122 e. The van der Waals surface area contributed by atoms with Crippen LogP contribution in [0.3, 0.4) is 0 Å². The number of rotatable bonds is 2. The maximum Gasteiger partial charge on any atom is 0.122 e. The molecule has 2 aromatic carbocycles. The number of benzene rings is 2. The van der Waals surface area contributed by atoms with Crippen molar-refractivity contribution in [2.45, 2.75) is 18.9 Å². The molecule has 0 radical (unpaired) electrons. The molecule has 2 N–H and O–H groups in total. The predicted octanol–water partition coefficient (Wildman–Crippen LogP) is 4.43. The lowest BCUT2D eigenvalue weighted by Gasteiger charge is -2.20. The van der Waals surface area contributed by atoms with Gasteiger partial charge in [0.2, 0.25) is 0 Å². The van der Waals surface area contributed by atoms with Crippen LogP contribution in [-0.4, -0.2) is 6.61 Å². The third kappa shape index (κ3) is 2.87. The number of halogens is 2. The maximum atomic E-state index is 6.45. The van der Waals surface area contributed by atoms with Crippen LogP contribution in [0.5, 0.6) is 5.75 Å². The van der Waals surface area contributed by atoms with Gasteiger partial charge in [0.1, 0.15) is 5.75 Å². The molecule has 3 rings (SSSR count). The Bertz CT molecular complexity index is 644. The SMILES string of the molecule is NC(c1ccc2c(c1)CCCO2)c1cc(I)ccc1Br. The first-order valence-corrected chi connectivity index (χ1v) is 8.48. The third-order valence-electron chi connectivity index (χ3n) is 3.58. The topological polar surface area (TPSA) is 35.2 Å². The van der Waals surface area contributed by atoms with E-state index >= 15 is 0 Å². The van der Waals surface area contributed by atoms with Gasteiger partial charge >= 0.3 is 0 Å². The van der Waals surface area contributed by atoms with E-state index < -0.39 is 0 Å². The number of hydrogen-bond acceptors (Lipinski definition) is 2. The molecule has 20 heavy (non-hydrogen) atoms. The Kier molecular flexibility index (Phi) is 4.33. The molecule has 0 spiro atoms. The highest BCUT2D eigenvalue weighted by Gasteiger charge is 2.16. The molecule has 0 saturated carbocycles. The fourth-order valence-corrected chi connectivity index (χ4v) is 3.51. The molecule has 1 atom stereocenters. The Hall–Kier alpha value is -0.590. The van der Waals surface area contributed by atoms with Crippen LogP contribution >= 0.6 is 38.5 Å². The number of ether oxygens (including phenoxy) is 1. The minimum absolute atomic E-state index is 0.119. The Balaban J connectivity index is 1.97. The number of nitrogens with two attached hydrogens (primary N) is 1. The summed E-state index contributed by atoms with van der Waals surface area (Å²) in [4.78, 5) is 0. The third-order valence-corrected chi connectivity index (χ3v) is 4.98. The summed E-state index contributed by atoms with van der Waals surface area (Å²) in [6, 6.07) is 12.4. The van der Waals surface area contributed by atoms with Crippen molar-refractivity contribution in [3.63, 3.8) is 0 Å². The Labute approximate surface area is 141 Å². The van der Waals surface area contributed by atoms with E-state index in [1.54, 1.807) is 0 Å². The van der Waals surface area contributed by atoms with E-state index in [1.807, 2.05) is 6.07 Å². The molecule has 0 fully saturated rings. The quantitative estimate of drug-likeness (QED) is 0.697. The van der Waals surface area contributed by atoms with Gasteiger partial charge in [0.05, 0.1) is 12.6 Å². The van der Waals surface area contributed by atoms with Gasteiger partial charge in [-0.1, -0.05) is 28.1 Å². The summed E-state index contributed by atoms with van der Waals surface area (Å²) in [6.45, 7) is 0.820. The second-order valence-electron chi connectivity index (χ2n) is 4.96. The van der Waals surface area contributed by atoms with Gasteiger partial charge < -0.3 is 10.5 Å². The summed E-state index contributed by atoms with van der Waals surface area (Å²) >= 11 is 5.91. The van der Waals surface area contributed by atoms with Crippen molar-refractivity contribution in [3.05, 3.63) is 61.1 Å². The van der Waals surface area contributed by atoms with Crippen molar-refractivity contribution in [1.82, 2.24) is 0 Å². The van der Waals surface area contributed by atoms with E-state index in [9.17, 15) is 0 Å². The van der Waals surface area contributed by atoms with Crippen molar-refractivity contribution in [2.75, 3.05) is 6.61 Å². The van der Waals surface area contributed by atoms with Crippen LogP contribution < -0.4 is 10.5 Å². The molecule has 0 bridgehead atoms. The van der Waals surface area contributed by atoms with Crippen LogP contribution in [0.25, 0.3) is 0 Å². The van der Waals surface area contributed by atoms with Crippen LogP contribution in [0.15, 0.2) is 40.9 Å². The Morgan fingerprint density at radius 2 is 2.05 bits per heavy atom. The molecule has 0 saturated heterocycles. The van der Waals surface area contributed by atoms with Gasteiger partial charge in [0, 0.05) is 8.04 Å². The number of fused-ring (bicyclic) bond motifs is 1. The molecule has 1 heterocycles. The molecule has 1 aliphatic heterocycles. The fourth-order valence-electron chi connectivity index (χ4n) is 2.51. The number of hydrogen-bond donors (Lipinski definition) is 1. The van der Waals surface area contributed by atoms with E-state index in [0.29, 0.717) is 0 Å². The number of aryl methyl sites for hydroxylation is 1. The molecule has 1 aliphatic rings. The Morgan fingerprint density at radius 3 is 2.90 bits per heavy atom. The molecule has 0 aliphatic carbocycles. The van der Waals surface area contributed by atoms with Gasteiger partial charge in [0.25, 0.3) is 0 Å². The molecule has 4 heteroatoms. The average Bonchev–Trinajstić information content (AvgIpc) is 2.48. The van der Waals surface area contributed by atoms with Crippen molar-refractivity contribution in [2.24, 2.45) is 5.73 Å². The minimum Gasteiger partial charge on any atom is -0.493 e. The van der Waals surface area contributed by atoms with E-state index in [1.165, 1.54) is 9.13 Å². The highest BCUT2D eigenvalue weighted by atomic mass is 127. The monoisotopic (exact) mass is 443 g/mol. The van der Waals surface area contributed by atoms with Crippen LogP contribution in [0.1, 0.15) is 29.2 Å². The summed E-state index contributed by atoms with van der Waals surface area (Å²) in [7, 11) is 0. The fraction of sp³-hybridized carbons (Fsp3) is 0.250. The summed E-state index contributed by atoms with van der Waals surface area (Å²) < 4.78 is 7.90. The summed E-state index contributed by atoms with van der Waals surface area (Å²) in [5, 5.41) is 0. The van der Waals surface area contributed by atoms with Crippen molar-refractivity contribution in [1.29, 1.82) is 0 Å². The lowest BCUT2D eigenvalue weighted by atomic mass is 9.95. The first kappa shape index (κ1) is 14.4. The van der Waals surface area contributed by atoms with Gasteiger partial charge in [-0.2, -0.15) is 0 Å². The van der Waals surface area contributed by atoms with Gasteiger partial charge in [-0.05, 0) is 76.4 Å². The minimum atomic E-state index is -0.119. The van der Waals surface area contributed by atoms with Crippen molar-refractivity contribution >= 4 is 38.5 Å². The average molecular weight is 444 g/mol. The predicted molar refractivity (Wildman–Crippen MR) is 93.1 cm³/mol. The molecule has 2 aromatic rings. The molecule has 1 unspecified atom stereocenters. The van der Waals surface area contributed by atoms with Gasteiger partial charge in [-0.15, -0.1) is 0 Å². The second-order valence-corrected chi connectivity index (χ2v) is 7.06. The van der Waals surface area contributed by atoms with Crippen LogP contribution in [0.4, 0.5) is 0 Å². The summed E-state index contributed by atoms with van der Waals surface area (Å²) in [5.41, 5.74) is 9.97. The zero-order valence-corrected chi connectivity index (χ0v) is 14.6. The van der Waals surface area contributed by atoms with Crippen LogP contribution in [0.2, 0.25) is 0 Å². The molecule has 2 nitrogen and oxygen atoms in total. The Morgan fingerprint density at radius 1 is 1.20 bits per heavy atom. The summed E-state index contributed by atoms with van der Waals surface area (Å²) in [5.74, 6) is 1.01.